The van der Waals surface area contributed by atoms with Gasteiger partial charge in [-0.2, -0.15) is 0 Å². The lowest BCUT2D eigenvalue weighted by Crippen LogP contribution is -2.32. The summed E-state index contributed by atoms with van der Waals surface area (Å²) in [6.45, 7) is 4.07. The maximum Gasteiger partial charge on any atom is 0.0419 e. The standard InChI is InChI=1S/C11H15BrClN/c1-11(2,14)4-3-8-5-9(12)7-10(13)6-8/h5-7H,3-4,14H2,1-2H3. The van der Waals surface area contributed by atoms with Crippen molar-refractivity contribution in [1.29, 1.82) is 0 Å². The number of aryl methyl sites for hydroxylation is 1. The second-order valence-corrected chi connectivity index (χ2v) is 5.62. The van der Waals surface area contributed by atoms with Gasteiger partial charge in [-0.1, -0.05) is 27.5 Å². The summed E-state index contributed by atoms with van der Waals surface area (Å²) < 4.78 is 1.02. The van der Waals surface area contributed by atoms with Crippen molar-refractivity contribution in [2.24, 2.45) is 5.73 Å². The molecule has 0 fully saturated rings. The van der Waals surface area contributed by atoms with Gasteiger partial charge < -0.3 is 5.73 Å². The Morgan fingerprint density at radius 3 is 2.50 bits per heavy atom. The third kappa shape index (κ3) is 4.45. The van der Waals surface area contributed by atoms with E-state index >= 15 is 0 Å². The molecule has 0 radical (unpaired) electrons. The van der Waals surface area contributed by atoms with Crippen LogP contribution in [0.15, 0.2) is 22.7 Å². The Kier molecular flexibility index (Phi) is 3.99. The van der Waals surface area contributed by atoms with Gasteiger partial charge in [0, 0.05) is 15.0 Å². The van der Waals surface area contributed by atoms with Crippen LogP contribution in [0.5, 0.6) is 0 Å². The molecule has 0 saturated heterocycles. The van der Waals surface area contributed by atoms with Gasteiger partial charge in [-0.05, 0) is 50.5 Å². The molecule has 0 aliphatic rings. The summed E-state index contributed by atoms with van der Waals surface area (Å²) in [6.07, 6.45) is 1.92. The first-order valence-corrected chi connectivity index (χ1v) is 5.78. The molecule has 1 aromatic rings. The molecule has 0 atom stereocenters. The van der Waals surface area contributed by atoms with Crippen molar-refractivity contribution in [3.63, 3.8) is 0 Å². The van der Waals surface area contributed by atoms with Crippen LogP contribution < -0.4 is 5.73 Å². The van der Waals surface area contributed by atoms with Crippen LogP contribution in [-0.4, -0.2) is 5.54 Å². The molecule has 3 heteroatoms. The summed E-state index contributed by atoms with van der Waals surface area (Å²) >= 11 is 9.36. The Hall–Kier alpha value is -0.0500. The van der Waals surface area contributed by atoms with E-state index in [1.54, 1.807) is 0 Å². The highest BCUT2D eigenvalue weighted by Crippen LogP contribution is 2.21. The average Bonchev–Trinajstić information content (AvgIpc) is 1.97. The first-order valence-electron chi connectivity index (χ1n) is 4.61. The number of benzene rings is 1. The minimum atomic E-state index is -0.116. The summed E-state index contributed by atoms with van der Waals surface area (Å²) in [5, 5.41) is 0.768. The van der Waals surface area contributed by atoms with E-state index in [1.165, 1.54) is 5.56 Å². The van der Waals surface area contributed by atoms with E-state index in [-0.39, 0.29) is 5.54 Å². The summed E-state index contributed by atoms with van der Waals surface area (Å²) in [4.78, 5) is 0. The smallest absolute Gasteiger partial charge is 0.0419 e. The third-order valence-electron chi connectivity index (χ3n) is 1.98. The topological polar surface area (TPSA) is 26.0 Å². The average molecular weight is 277 g/mol. The second-order valence-electron chi connectivity index (χ2n) is 4.27. The normalized spacial score (nSPS) is 11.8. The van der Waals surface area contributed by atoms with Crippen LogP contribution in [0.1, 0.15) is 25.8 Å². The van der Waals surface area contributed by atoms with Gasteiger partial charge in [0.2, 0.25) is 0 Å². The largest absolute Gasteiger partial charge is 0.326 e. The Balaban J connectivity index is 2.68. The molecule has 0 aliphatic heterocycles. The number of hydrogen-bond acceptors (Lipinski definition) is 1. The van der Waals surface area contributed by atoms with Crippen LogP contribution in [0, 0.1) is 0 Å². The molecule has 0 aliphatic carbocycles. The maximum atomic E-state index is 5.94. The zero-order valence-corrected chi connectivity index (χ0v) is 10.8. The van der Waals surface area contributed by atoms with Gasteiger partial charge in [-0.25, -0.2) is 0 Å². The molecule has 0 saturated carbocycles. The maximum absolute atomic E-state index is 5.94. The Labute approximate surface area is 98.8 Å². The fraction of sp³-hybridized carbons (Fsp3) is 0.455. The second kappa shape index (κ2) is 4.65. The van der Waals surface area contributed by atoms with E-state index in [0.717, 1.165) is 22.3 Å². The highest BCUT2D eigenvalue weighted by molar-refractivity contribution is 9.10. The molecular weight excluding hydrogens is 261 g/mol. The molecule has 0 aromatic heterocycles. The van der Waals surface area contributed by atoms with E-state index in [1.807, 2.05) is 26.0 Å². The van der Waals surface area contributed by atoms with E-state index in [2.05, 4.69) is 22.0 Å². The van der Waals surface area contributed by atoms with Gasteiger partial charge in [0.05, 0.1) is 0 Å². The van der Waals surface area contributed by atoms with Gasteiger partial charge in [0.15, 0.2) is 0 Å². The minimum absolute atomic E-state index is 0.116. The Morgan fingerprint density at radius 1 is 1.36 bits per heavy atom. The summed E-state index contributed by atoms with van der Waals surface area (Å²) in [7, 11) is 0. The van der Waals surface area contributed by atoms with Crippen LogP contribution in [0.3, 0.4) is 0 Å². The van der Waals surface area contributed by atoms with Crippen molar-refractivity contribution in [3.8, 4) is 0 Å². The first-order chi connectivity index (χ1) is 6.37. The molecular formula is C11H15BrClN. The van der Waals surface area contributed by atoms with E-state index < -0.39 is 0 Å². The predicted molar refractivity (Wildman–Crippen MR) is 65.7 cm³/mol. The molecule has 0 bridgehead atoms. The van der Waals surface area contributed by atoms with Crippen molar-refractivity contribution < 1.29 is 0 Å². The third-order valence-corrected chi connectivity index (χ3v) is 2.66. The lowest BCUT2D eigenvalue weighted by molar-refractivity contribution is 0.477. The molecule has 2 N–H and O–H groups in total. The molecule has 1 nitrogen and oxygen atoms in total. The Bertz CT molecular complexity index is 297. The molecule has 14 heavy (non-hydrogen) atoms. The first kappa shape index (κ1) is 12.0. The van der Waals surface area contributed by atoms with Crippen molar-refractivity contribution in [2.75, 3.05) is 0 Å². The van der Waals surface area contributed by atoms with Crippen LogP contribution in [0.25, 0.3) is 0 Å². The Morgan fingerprint density at radius 2 is 2.00 bits per heavy atom. The molecule has 0 amide bonds. The van der Waals surface area contributed by atoms with Crippen molar-refractivity contribution in [1.82, 2.24) is 0 Å². The van der Waals surface area contributed by atoms with E-state index in [0.29, 0.717) is 0 Å². The molecule has 0 spiro atoms. The fourth-order valence-electron chi connectivity index (χ4n) is 1.22. The minimum Gasteiger partial charge on any atom is -0.326 e. The summed E-state index contributed by atoms with van der Waals surface area (Å²) in [5.41, 5.74) is 7.02. The predicted octanol–water partition coefficient (Wildman–Crippen LogP) is 3.77. The number of nitrogens with two attached hydrogens (primary N) is 1. The number of hydrogen-bond donors (Lipinski definition) is 1. The zero-order chi connectivity index (χ0) is 10.8. The molecule has 1 rings (SSSR count). The summed E-state index contributed by atoms with van der Waals surface area (Å²) in [6, 6.07) is 5.95. The van der Waals surface area contributed by atoms with Crippen LogP contribution in [0.4, 0.5) is 0 Å². The molecule has 0 heterocycles. The van der Waals surface area contributed by atoms with Crippen LogP contribution in [-0.2, 0) is 6.42 Å². The number of rotatable bonds is 3. The highest BCUT2D eigenvalue weighted by atomic mass is 79.9. The zero-order valence-electron chi connectivity index (χ0n) is 8.48. The lowest BCUT2D eigenvalue weighted by atomic mass is 9.97. The van der Waals surface area contributed by atoms with Gasteiger partial charge in [0.25, 0.3) is 0 Å². The fourth-order valence-corrected chi connectivity index (χ4v) is 2.15. The monoisotopic (exact) mass is 275 g/mol. The van der Waals surface area contributed by atoms with Gasteiger partial charge in [-0.15, -0.1) is 0 Å². The highest BCUT2D eigenvalue weighted by Gasteiger charge is 2.10. The molecule has 0 unspecified atom stereocenters. The van der Waals surface area contributed by atoms with Crippen LogP contribution in [0.2, 0.25) is 5.02 Å². The number of halogens is 2. The summed E-state index contributed by atoms with van der Waals surface area (Å²) in [5.74, 6) is 0. The van der Waals surface area contributed by atoms with Crippen molar-refractivity contribution >= 4 is 27.5 Å². The van der Waals surface area contributed by atoms with E-state index in [4.69, 9.17) is 17.3 Å². The lowest BCUT2D eigenvalue weighted by Gasteiger charge is -2.18. The van der Waals surface area contributed by atoms with Gasteiger partial charge >= 0.3 is 0 Å². The van der Waals surface area contributed by atoms with Crippen molar-refractivity contribution in [2.45, 2.75) is 32.2 Å². The van der Waals surface area contributed by atoms with E-state index in [9.17, 15) is 0 Å². The van der Waals surface area contributed by atoms with Crippen molar-refractivity contribution in [3.05, 3.63) is 33.3 Å². The molecule has 78 valence electrons. The molecule has 1 aromatic carbocycles. The van der Waals surface area contributed by atoms with Gasteiger partial charge in [0.1, 0.15) is 0 Å². The quantitative estimate of drug-likeness (QED) is 0.893. The SMILES string of the molecule is CC(C)(N)CCc1cc(Cl)cc(Br)c1. The van der Waals surface area contributed by atoms with Crippen LogP contribution >= 0.6 is 27.5 Å². The van der Waals surface area contributed by atoms with Gasteiger partial charge in [-0.3, -0.25) is 0 Å².